The second-order valence-electron chi connectivity index (χ2n) is 10.5. The van der Waals surface area contributed by atoms with Crippen molar-refractivity contribution in [3.63, 3.8) is 0 Å². The number of pyridine rings is 1. The zero-order chi connectivity index (χ0) is 27.8. The topological polar surface area (TPSA) is 80.6 Å². The first kappa shape index (κ1) is 25.6. The van der Waals surface area contributed by atoms with Crippen LogP contribution < -0.4 is 4.74 Å². The van der Waals surface area contributed by atoms with Crippen molar-refractivity contribution in [2.45, 2.75) is 38.6 Å². The van der Waals surface area contributed by atoms with Crippen LogP contribution in [0.5, 0.6) is 5.75 Å². The molecule has 0 N–H and O–H groups in total. The second kappa shape index (κ2) is 10.4. The third-order valence-corrected chi connectivity index (χ3v) is 7.78. The van der Waals surface area contributed by atoms with Gasteiger partial charge >= 0.3 is 0 Å². The van der Waals surface area contributed by atoms with E-state index < -0.39 is 0 Å². The number of aromatic nitrogens is 3. The Labute approximate surface area is 233 Å². The number of fused-ring (bicyclic) bond motifs is 1. The van der Waals surface area contributed by atoms with E-state index in [0.29, 0.717) is 19.7 Å². The largest absolute Gasteiger partial charge is 0.489 e. The summed E-state index contributed by atoms with van der Waals surface area (Å²) in [7, 11) is 1.81. The molecule has 0 aliphatic carbocycles. The van der Waals surface area contributed by atoms with E-state index in [-0.39, 0.29) is 23.9 Å². The minimum atomic E-state index is -0.0496. The van der Waals surface area contributed by atoms with Crippen LogP contribution >= 0.6 is 0 Å². The average molecular weight is 534 g/mol. The smallest absolute Gasteiger partial charge is 0.254 e. The molecule has 0 saturated carbocycles. The van der Waals surface area contributed by atoms with Gasteiger partial charge in [-0.2, -0.15) is 5.10 Å². The van der Waals surface area contributed by atoms with E-state index in [1.54, 1.807) is 24.3 Å². The van der Waals surface area contributed by atoms with Gasteiger partial charge < -0.3 is 14.5 Å². The van der Waals surface area contributed by atoms with Gasteiger partial charge in [0, 0.05) is 61.5 Å². The van der Waals surface area contributed by atoms with Crippen LogP contribution in [0.15, 0.2) is 85.8 Å². The SMILES string of the molecule is C=CC(=O)N1C[C@@H](n2cc(-c3ccncc3)c(-c3cccc(COc4ccc5c(c4)CN(C)C5=O)c3)n2)C[C@H]1C. The summed E-state index contributed by atoms with van der Waals surface area (Å²) in [6, 6.07) is 18.0. The van der Waals surface area contributed by atoms with Crippen LogP contribution in [0.4, 0.5) is 0 Å². The number of likely N-dealkylation sites (tertiary alicyclic amines) is 1. The van der Waals surface area contributed by atoms with E-state index in [0.717, 1.165) is 51.2 Å². The predicted octanol–water partition coefficient (Wildman–Crippen LogP) is 5.12. The molecular formula is C32H31N5O3. The van der Waals surface area contributed by atoms with Gasteiger partial charge in [0.05, 0.1) is 6.04 Å². The molecule has 1 saturated heterocycles. The molecule has 6 rings (SSSR count). The lowest BCUT2D eigenvalue weighted by molar-refractivity contribution is -0.126. The highest BCUT2D eigenvalue weighted by Crippen LogP contribution is 2.35. The molecule has 0 bridgehead atoms. The Morgan fingerprint density at radius 3 is 2.73 bits per heavy atom. The van der Waals surface area contributed by atoms with Crippen LogP contribution in [0, 0.1) is 0 Å². The van der Waals surface area contributed by atoms with E-state index in [2.05, 4.69) is 36.8 Å². The average Bonchev–Trinajstić information content (AvgIpc) is 3.67. The molecule has 0 radical (unpaired) electrons. The van der Waals surface area contributed by atoms with Gasteiger partial charge in [0.25, 0.3) is 5.91 Å². The normalized spacial score (nSPS) is 18.2. The molecule has 2 atom stereocenters. The molecule has 4 aromatic rings. The lowest BCUT2D eigenvalue weighted by Crippen LogP contribution is -2.32. The van der Waals surface area contributed by atoms with E-state index in [1.165, 1.54) is 6.08 Å². The van der Waals surface area contributed by atoms with Crippen molar-refractivity contribution in [3.05, 3.63) is 103 Å². The monoisotopic (exact) mass is 533 g/mol. The van der Waals surface area contributed by atoms with Crippen LogP contribution in [0.25, 0.3) is 22.4 Å². The first-order valence-corrected chi connectivity index (χ1v) is 13.4. The van der Waals surface area contributed by atoms with Crippen molar-refractivity contribution < 1.29 is 14.3 Å². The van der Waals surface area contributed by atoms with Crippen molar-refractivity contribution in [2.24, 2.45) is 0 Å². The van der Waals surface area contributed by atoms with Crippen LogP contribution in [0.3, 0.4) is 0 Å². The molecule has 8 nitrogen and oxygen atoms in total. The van der Waals surface area contributed by atoms with Crippen LogP contribution in [0.2, 0.25) is 0 Å². The number of carbonyl (C=O) groups excluding carboxylic acids is 2. The first-order chi connectivity index (χ1) is 19.4. The molecule has 2 aliphatic heterocycles. The maximum Gasteiger partial charge on any atom is 0.254 e. The van der Waals surface area contributed by atoms with E-state index in [4.69, 9.17) is 9.84 Å². The fraction of sp³-hybridized carbons (Fsp3) is 0.250. The van der Waals surface area contributed by atoms with Gasteiger partial charge in [0.1, 0.15) is 18.1 Å². The maximum atomic E-state index is 12.3. The van der Waals surface area contributed by atoms with Gasteiger partial charge in [0.15, 0.2) is 0 Å². The zero-order valence-electron chi connectivity index (χ0n) is 22.7. The van der Waals surface area contributed by atoms with Crippen molar-refractivity contribution in [1.82, 2.24) is 24.6 Å². The number of benzene rings is 2. The van der Waals surface area contributed by atoms with Gasteiger partial charge in [0.2, 0.25) is 5.91 Å². The molecule has 1 fully saturated rings. The Hall–Kier alpha value is -4.72. The highest BCUT2D eigenvalue weighted by molar-refractivity contribution is 5.98. The van der Waals surface area contributed by atoms with Gasteiger partial charge in [-0.05, 0) is 72.5 Å². The van der Waals surface area contributed by atoms with E-state index in [1.807, 2.05) is 52.0 Å². The van der Waals surface area contributed by atoms with Gasteiger partial charge in [-0.15, -0.1) is 0 Å². The number of rotatable bonds is 7. The predicted molar refractivity (Wildman–Crippen MR) is 152 cm³/mol. The Morgan fingerprint density at radius 2 is 1.93 bits per heavy atom. The summed E-state index contributed by atoms with van der Waals surface area (Å²) in [5.74, 6) is 0.736. The Balaban J connectivity index is 1.27. The van der Waals surface area contributed by atoms with Gasteiger partial charge in [-0.1, -0.05) is 24.8 Å². The molecule has 8 heteroatoms. The lowest BCUT2D eigenvalue weighted by Gasteiger charge is -2.18. The molecule has 2 aromatic carbocycles. The molecule has 2 aliphatic rings. The third kappa shape index (κ3) is 4.77. The number of carbonyl (C=O) groups is 2. The Bertz CT molecular complexity index is 1600. The molecule has 2 aromatic heterocycles. The lowest BCUT2D eigenvalue weighted by atomic mass is 10.0. The summed E-state index contributed by atoms with van der Waals surface area (Å²) in [4.78, 5) is 32.3. The maximum absolute atomic E-state index is 12.3. The summed E-state index contributed by atoms with van der Waals surface area (Å²) < 4.78 is 8.13. The zero-order valence-corrected chi connectivity index (χ0v) is 22.7. The van der Waals surface area contributed by atoms with Gasteiger partial charge in [-0.3, -0.25) is 19.3 Å². The van der Waals surface area contributed by atoms with E-state index in [9.17, 15) is 9.59 Å². The molecular weight excluding hydrogens is 502 g/mol. The molecule has 4 heterocycles. The first-order valence-electron chi connectivity index (χ1n) is 13.4. The molecule has 0 unspecified atom stereocenters. The molecule has 2 amide bonds. The highest BCUT2D eigenvalue weighted by Gasteiger charge is 2.33. The van der Waals surface area contributed by atoms with Crippen LogP contribution in [-0.2, 0) is 17.9 Å². The Morgan fingerprint density at radius 1 is 1.10 bits per heavy atom. The standard InChI is InChI=1S/C32H31N5O3/c1-4-30(38)36-18-26(14-21(36)2)37-19-29(23-10-12-33-13-11-23)31(34-37)24-7-5-6-22(15-24)20-40-27-8-9-28-25(16-27)17-35(3)32(28)39/h4-13,15-16,19,21,26H,1,14,17-18,20H2,2-3H3/t21-,26+/m1/s1. The molecule has 0 spiro atoms. The number of nitrogens with zero attached hydrogens (tertiary/aromatic N) is 5. The van der Waals surface area contributed by atoms with Gasteiger partial charge in [-0.25, -0.2) is 0 Å². The van der Waals surface area contributed by atoms with E-state index >= 15 is 0 Å². The number of hydrogen-bond acceptors (Lipinski definition) is 5. The Kier molecular flexibility index (Phi) is 6.67. The number of ether oxygens (including phenoxy) is 1. The van der Waals surface area contributed by atoms with Crippen LogP contribution in [0.1, 0.15) is 40.9 Å². The minimum Gasteiger partial charge on any atom is -0.489 e. The quantitative estimate of drug-likeness (QED) is 0.308. The fourth-order valence-electron chi connectivity index (χ4n) is 5.66. The molecule has 202 valence electrons. The number of amides is 2. The summed E-state index contributed by atoms with van der Waals surface area (Å²) in [6.45, 7) is 7.30. The van der Waals surface area contributed by atoms with Crippen molar-refractivity contribution in [3.8, 4) is 28.1 Å². The summed E-state index contributed by atoms with van der Waals surface area (Å²) in [6.07, 6.45) is 7.85. The van der Waals surface area contributed by atoms with Crippen molar-refractivity contribution in [2.75, 3.05) is 13.6 Å². The summed E-state index contributed by atoms with van der Waals surface area (Å²) in [5, 5.41) is 5.06. The third-order valence-electron chi connectivity index (χ3n) is 7.78. The number of hydrogen-bond donors (Lipinski definition) is 0. The summed E-state index contributed by atoms with van der Waals surface area (Å²) in [5.41, 5.74) is 6.63. The van der Waals surface area contributed by atoms with Crippen molar-refractivity contribution >= 4 is 11.8 Å². The fourth-order valence-corrected chi connectivity index (χ4v) is 5.66. The van der Waals surface area contributed by atoms with Crippen LogP contribution in [-0.4, -0.2) is 56.0 Å². The highest BCUT2D eigenvalue weighted by atomic mass is 16.5. The van der Waals surface area contributed by atoms with Crippen molar-refractivity contribution in [1.29, 1.82) is 0 Å². The minimum absolute atomic E-state index is 0.0470. The summed E-state index contributed by atoms with van der Waals surface area (Å²) >= 11 is 0. The molecule has 40 heavy (non-hydrogen) atoms. The second-order valence-corrected chi connectivity index (χ2v) is 10.5.